The average molecular weight is 275 g/mol. The molecule has 0 N–H and O–H groups in total. The van der Waals surface area contributed by atoms with Gasteiger partial charge in [0.05, 0.1) is 0 Å². The van der Waals surface area contributed by atoms with Gasteiger partial charge >= 0.3 is 8.56 Å². The number of hydrogen-bond donors (Lipinski definition) is 0. The highest BCUT2D eigenvalue weighted by Gasteiger charge is 2.33. The zero-order chi connectivity index (χ0) is 13.7. The second kappa shape index (κ2) is 12.2. The highest BCUT2D eigenvalue weighted by atomic mass is 28.4. The fourth-order valence-electron chi connectivity index (χ4n) is 2.44. The average Bonchev–Trinajstić information content (AvgIpc) is 2.41. The van der Waals surface area contributed by atoms with Gasteiger partial charge in [0.1, 0.15) is 0 Å². The largest absolute Gasteiger partial charge is 0.398 e. The summed E-state index contributed by atoms with van der Waals surface area (Å²) in [5, 5.41) is 0. The molecular formula is C15H34O2Si. The van der Waals surface area contributed by atoms with Gasteiger partial charge in [-0.25, -0.2) is 0 Å². The molecule has 0 atom stereocenters. The van der Waals surface area contributed by atoms with Crippen LogP contribution in [0.15, 0.2) is 0 Å². The van der Waals surface area contributed by atoms with Crippen molar-refractivity contribution in [3.8, 4) is 0 Å². The lowest BCUT2D eigenvalue weighted by molar-refractivity contribution is 0.238. The molecule has 0 spiro atoms. The highest BCUT2D eigenvalue weighted by Crippen LogP contribution is 2.24. The fourth-order valence-corrected chi connectivity index (χ4v) is 5.25. The molecule has 0 aliphatic carbocycles. The first-order valence-corrected chi connectivity index (χ1v) is 10.1. The van der Waals surface area contributed by atoms with Gasteiger partial charge in [0.2, 0.25) is 0 Å². The minimum Gasteiger partial charge on any atom is -0.398 e. The third-order valence-corrected chi connectivity index (χ3v) is 7.54. The van der Waals surface area contributed by atoms with E-state index in [0.29, 0.717) is 0 Å². The Morgan fingerprint density at radius 3 is 1.39 bits per heavy atom. The van der Waals surface area contributed by atoms with Crippen LogP contribution in [0.2, 0.25) is 12.1 Å². The van der Waals surface area contributed by atoms with Crippen LogP contribution in [-0.4, -0.2) is 22.8 Å². The third-order valence-electron chi connectivity index (χ3n) is 3.82. The molecule has 0 rings (SSSR count). The van der Waals surface area contributed by atoms with Crippen molar-refractivity contribution in [3.05, 3.63) is 0 Å². The summed E-state index contributed by atoms with van der Waals surface area (Å²) in [6.07, 6.45) is 11.9. The van der Waals surface area contributed by atoms with Crippen molar-refractivity contribution < 1.29 is 8.85 Å². The van der Waals surface area contributed by atoms with E-state index in [1.807, 2.05) is 14.2 Å². The molecule has 0 amide bonds. The van der Waals surface area contributed by atoms with Crippen molar-refractivity contribution in [2.24, 2.45) is 0 Å². The summed E-state index contributed by atoms with van der Waals surface area (Å²) in [7, 11) is 1.84. The highest BCUT2D eigenvalue weighted by molar-refractivity contribution is 6.67. The normalized spacial score (nSPS) is 12.0. The Bertz CT molecular complexity index is 170. The van der Waals surface area contributed by atoms with Crippen molar-refractivity contribution in [3.63, 3.8) is 0 Å². The Hall–Kier alpha value is 0.137. The maximum atomic E-state index is 5.79. The van der Waals surface area contributed by atoms with Crippen LogP contribution in [-0.2, 0) is 8.85 Å². The zero-order valence-electron chi connectivity index (χ0n) is 13.1. The predicted molar refractivity (Wildman–Crippen MR) is 82.3 cm³/mol. The first-order valence-electron chi connectivity index (χ1n) is 7.85. The second-order valence-corrected chi connectivity index (χ2v) is 8.93. The molecule has 0 heterocycles. The van der Waals surface area contributed by atoms with E-state index in [2.05, 4.69) is 13.8 Å². The SMILES string of the molecule is CCCCCCC[Si](CCCCCC)(OC)OC. The Morgan fingerprint density at radius 1 is 0.611 bits per heavy atom. The van der Waals surface area contributed by atoms with Gasteiger partial charge in [0.15, 0.2) is 0 Å². The molecule has 0 aromatic carbocycles. The van der Waals surface area contributed by atoms with Crippen LogP contribution in [0.3, 0.4) is 0 Å². The zero-order valence-corrected chi connectivity index (χ0v) is 14.1. The molecule has 0 radical (unpaired) electrons. The summed E-state index contributed by atoms with van der Waals surface area (Å²) < 4.78 is 11.6. The van der Waals surface area contributed by atoms with Crippen LogP contribution in [0.5, 0.6) is 0 Å². The number of unbranched alkanes of at least 4 members (excludes halogenated alkanes) is 7. The third kappa shape index (κ3) is 8.28. The smallest absolute Gasteiger partial charge is 0.337 e. The molecule has 0 bridgehead atoms. The predicted octanol–water partition coefficient (Wildman–Crippen LogP) is 5.27. The molecule has 0 aliphatic rings. The monoisotopic (exact) mass is 274 g/mol. The minimum absolute atomic E-state index is 1.17. The van der Waals surface area contributed by atoms with Gasteiger partial charge in [-0.1, -0.05) is 71.6 Å². The molecule has 110 valence electrons. The Kier molecular flexibility index (Phi) is 12.3. The molecule has 0 aromatic rings. The standard InChI is InChI=1S/C15H34O2Si/c1-5-7-9-11-13-15-18(16-3,17-4)14-12-10-8-6-2/h5-15H2,1-4H3. The van der Waals surface area contributed by atoms with Gasteiger partial charge in [-0.3, -0.25) is 0 Å². The van der Waals surface area contributed by atoms with E-state index >= 15 is 0 Å². The van der Waals surface area contributed by atoms with Gasteiger partial charge in [-0.15, -0.1) is 0 Å². The summed E-state index contributed by atoms with van der Waals surface area (Å²) in [6.45, 7) is 4.52. The van der Waals surface area contributed by atoms with Crippen molar-refractivity contribution in [1.29, 1.82) is 0 Å². The maximum absolute atomic E-state index is 5.79. The van der Waals surface area contributed by atoms with Crippen LogP contribution >= 0.6 is 0 Å². The lowest BCUT2D eigenvalue weighted by Gasteiger charge is -2.27. The summed E-state index contributed by atoms with van der Waals surface area (Å²) in [6, 6.07) is 2.35. The number of rotatable bonds is 13. The van der Waals surface area contributed by atoms with E-state index in [1.54, 1.807) is 0 Å². The topological polar surface area (TPSA) is 18.5 Å². The molecule has 3 heteroatoms. The molecule has 0 fully saturated rings. The van der Waals surface area contributed by atoms with E-state index in [0.717, 1.165) is 0 Å². The quantitative estimate of drug-likeness (QED) is 0.336. The van der Waals surface area contributed by atoms with E-state index < -0.39 is 8.56 Å². The van der Waals surface area contributed by atoms with Crippen molar-refractivity contribution in [1.82, 2.24) is 0 Å². The molecular weight excluding hydrogens is 240 g/mol. The van der Waals surface area contributed by atoms with Crippen LogP contribution in [0, 0.1) is 0 Å². The van der Waals surface area contributed by atoms with Gasteiger partial charge in [0, 0.05) is 14.2 Å². The van der Waals surface area contributed by atoms with E-state index in [9.17, 15) is 0 Å². The second-order valence-electron chi connectivity index (χ2n) is 5.29. The van der Waals surface area contributed by atoms with Gasteiger partial charge in [-0.2, -0.15) is 0 Å². The van der Waals surface area contributed by atoms with Crippen molar-refractivity contribution in [2.75, 3.05) is 14.2 Å². The van der Waals surface area contributed by atoms with E-state index in [4.69, 9.17) is 8.85 Å². The van der Waals surface area contributed by atoms with Crippen LogP contribution in [0.25, 0.3) is 0 Å². The van der Waals surface area contributed by atoms with E-state index in [-0.39, 0.29) is 0 Å². The molecule has 0 aliphatic heterocycles. The fraction of sp³-hybridized carbons (Fsp3) is 1.00. The Balaban J connectivity index is 3.85. The van der Waals surface area contributed by atoms with Gasteiger partial charge in [0.25, 0.3) is 0 Å². The lowest BCUT2D eigenvalue weighted by Crippen LogP contribution is -2.39. The molecule has 0 saturated heterocycles. The van der Waals surface area contributed by atoms with Crippen LogP contribution < -0.4 is 0 Å². The van der Waals surface area contributed by atoms with Gasteiger partial charge < -0.3 is 8.85 Å². The summed E-state index contributed by atoms with van der Waals surface area (Å²) in [4.78, 5) is 0. The minimum atomic E-state index is -1.85. The summed E-state index contributed by atoms with van der Waals surface area (Å²) in [5.41, 5.74) is 0. The van der Waals surface area contributed by atoms with Crippen LogP contribution in [0.4, 0.5) is 0 Å². The number of hydrogen-bond acceptors (Lipinski definition) is 2. The summed E-state index contributed by atoms with van der Waals surface area (Å²) >= 11 is 0. The molecule has 0 aromatic heterocycles. The molecule has 2 nitrogen and oxygen atoms in total. The van der Waals surface area contributed by atoms with Crippen LogP contribution in [0.1, 0.15) is 71.6 Å². The van der Waals surface area contributed by atoms with E-state index in [1.165, 1.54) is 69.9 Å². The Labute approximate surface area is 116 Å². The van der Waals surface area contributed by atoms with Crippen molar-refractivity contribution in [2.45, 2.75) is 83.7 Å². The Morgan fingerprint density at radius 2 is 1.00 bits per heavy atom. The molecule has 0 saturated carbocycles. The lowest BCUT2D eigenvalue weighted by atomic mass is 10.2. The van der Waals surface area contributed by atoms with Crippen molar-refractivity contribution >= 4 is 8.56 Å². The van der Waals surface area contributed by atoms with Gasteiger partial charge in [-0.05, 0) is 12.1 Å². The summed E-state index contributed by atoms with van der Waals surface area (Å²) in [5.74, 6) is 0. The first-order chi connectivity index (χ1) is 8.74. The first kappa shape index (κ1) is 18.1. The molecule has 18 heavy (non-hydrogen) atoms. The maximum Gasteiger partial charge on any atom is 0.337 e. The molecule has 0 unspecified atom stereocenters.